The van der Waals surface area contributed by atoms with Crippen LogP contribution in [0.4, 0.5) is 5.95 Å². The molecule has 17 heavy (non-hydrogen) atoms. The number of nitrogens with one attached hydrogen (secondary N) is 1. The van der Waals surface area contributed by atoms with Gasteiger partial charge in [-0.15, -0.1) is 0 Å². The molecule has 1 fully saturated rings. The Hall–Kier alpha value is -1.84. The standard InChI is InChI=1S/C13H16N4/c1-10-9-17(12-4-5-12)13(16-10)15-8-11-3-2-6-14-7-11/h2-3,6-7,9,12H,4-5,8H2,1H3,(H,15,16). The van der Waals surface area contributed by atoms with E-state index in [0.29, 0.717) is 6.04 Å². The molecule has 0 radical (unpaired) electrons. The van der Waals surface area contributed by atoms with Crippen molar-refractivity contribution in [3.8, 4) is 0 Å². The first kappa shape index (κ1) is 10.3. The minimum atomic E-state index is 0.660. The van der Waals surface area contributed by atoms with E-state index >= 15 is 0 Å². The number of imidazole rings is 1. The molecule has 1 aliphatic rings. The first-order valence-electron chi connectivity index (χ1n) is 6.01. The molecule has 0 aromatic carbocycles. The Labute approximate surface area is 101 Å². The molecule has 88 valence electrons. The maximum atomic E-state index is 4.52. The molecule has 3 rings (SSSR count). The largest absolute Gasteiger partial charge is 0.352 e. The molecular formula is C13H16N4. The van der Waals surface area contributed by atoms with Gasteiger partial charge in [0.25, 0.3) is 0 Å². The van der Waals surface area contributed by atoms with Gasteiger partial charge in [0.15, 0.2) is 0 Å². The molecule has 0 amide bonds. The van der Waals surface area contributed by atoms with Gasteiger partial charge in [0.2, 0.25) is 5.95 Å². The fourth-order valence-corrected chi connectivity index (χ4v) is 1.96. The lowest BCUT2D eigenvalue weighted by Crippen LogP contribution is -2.06. The molecule has 0 saturated heterocycles. The fraction of sp³-hybridized carbons (Fsp3) is 0.385. The van der Waals surface area contributed by atoms with Gasteiger partial charge >= 0.3 is 0 Å². The van der Waals surface area contributed by atoms with E-state index in [-0.39, 0.29) is 0 Å². The molecule has 1 saturated carbocycles. The smallest absolute Gasteiger partial charge is 0.203 e. The van der Waals surface area contributed by atoms with Crippen LogP contribution in [0.15, 0.2) is 30.7 Å². The van der Waals surface area contributed by atoms with Crippen molar-refractivity contribution in [1.82, 2.24) is 14.5 Å². The molecule has 0 aliphatic heterocycles. The van der Waals surface area contributed by atoms with Crippen molar-refractivity contribution >= 4 is 5.95 Å². The minimum absolute atomic E-state index is 0.660. The van der Waals surface area contributed by atoms with Gasteiger partial charge in [-0.1, -0.05) is 6.07 Å². The predicted molar refractivity (Wildman–Crippen MR) is 66.8 cm³/mol. The molecule has 0 unspecified atom stereocenters. The van der Waals surface area contributed by atoms with Crippen LogP contribution in [0.3, 0.4) is 0 Å². The van der Waals surface area contributed by atoms with Crippen LogP contribution in [-0.4, -0.2) is 14.5 Å². The second kappa shape index (κ2) is 4.20. The lowest BCUT2D eigenvalue weighted by molar-refractivity contribution is 0.742. The van der Waals surface area contributed by atoms with Crippen molar-refractivity contribution in [1.29, 1.82) is 0 Å². The maximum Gasteiger partial charge on any atom is 0.203 e. The second-order valence-electron chi connectivity index (χ2n) is 4.56. The van der Waals surface area contributed by atoms with Gasteiger partial charge in [0.05, 0.1) is 5.69 Å². The highest BCUT2D eigenvalue weighted by Gasteiger charge is 2.26. The van der Waals surface area contributed by atoms with E-state index in [1.165, 1.54) is 18.4 Å². The molecule has 2 aromatic heterocycles. The van der Waals surface area contributed by atoms with Crippen LogP contribution >= 0.6 is 0 Å². The number of hydrogen-bond donors (Lipinski definition) is 1. The van der Waals surface area contributed by atoms with E-state index < -0.39 is 0 Å². The Morgan fingerprint density at radius 1 is 1.47 bits per heavy atom. The zero-order valence-electron chi connectivity index (χ0n) is 9.93. The Kier molecular flexibility index (Phi) is 2.55. The highest BCUT2D eigenvalue weighted by molar-refractivity contribution is 5.32. The lowest BCUT2D eigenvalue weighted by atomic mass is 10.3. The van der Waals surface area contributed by atoms with Gasteiger partial charge in [0, 0.05) is 31.2 Å². The van der Waals surface area contributed by atoms with Gasteiger partial charge in [-0.25, -0.2) is 4.98 Å². The van der Waals surface area contributed by atoms with Crippen LogP contribution in [0, 0.1) is 6.92 Å². The summed E-state index contributed by atoms with van der Waals surface area (Å²) in [6, 6.07) is 4.68. The Morgan fingerprint density at radius 3 is 3.06 bits per heavy atom. The quantitative estimate of drug-likeness (QED) is 0.874. The van der Waals surface area contributed by atoms with E-state index in [4.69, 9.17) is 0 Å². The van der Waals surface area contributed by atoms with Crippen molar-refractivity contribution in [2.45, 2.75) is 32.4 Å². The van der Waals surface area contributed by atoms with Crippen molar-refractivity contribution in [2.24, 2.45) is 0 Å². The summed E-state index contributed by atoms with van der Waals surface area (Å²) >= 11 is 0. The van der Waals surface area contributed by atoms with Crippen molar-refractivity contribution in [2.75, 3.05) is 5.32 Å². The summed E-state index contributed by atoms with van der Waals surface area (Å²) in [4.78, 5) is 8.62. The van der Waals surface area contributed by atoms with Gasteiger partial charge in [-0.2, -0.15) is 0 Å². The summed E-state index contributed by atoms with van der Waals surface area (Å²) in [7, 11) is 0. The van der Waals surface area contributed by atoms with E-state index in [1.54, 1.807) is 6.20 Å². The molecule has 0 bridgehead atoms. The van der Waals surface area contributed by atoms with Crippen LogP contribution in [-0.2, 0) is 6.54 Å². The van der Waals surface area contributed by atoms with E-state index in [0.717, 1.165) is 18.2 Å². The van der Waals surface area contributed by atoms with E-state index in [1.807, 2.05) is 19.2 Å². The highest BCUT2D eigenvalue weighted by atomic mass is 15.2. The van der Waals surface area contributed by atoms with Crippen LogP contribution in [0.5, 0.6) is 0 Å². The third kappa shape index (κ3) is 2.30. The number of nitrogens with zero attached hydrogens (tertiary/aromatic N) is 3. The number of pyridine rings is 1. The Balaban J connectivity index is 1.72. The molecule has 0 atom stereocenters. The van der Waals surface area contributed by atoms with Crippen LogP contribution < -0.4 is 5.32 Å². The molecule has 1 aliphatic carbocycles. The summed E-state index contributed by atoms with van der Waals surface area (Å²) in [6.07, 6.45) is 8.35. The average Bonchev–Trinajstić information content (AvgIpc) is 3.12. The van der Waals surface area contributed by atoms with Gasteiger partial charge in [0.1, 0.15) is 0 Å². The summed E-state index contributed by atoms with van der Waals surface area (Å²) < 4.78 is 2.26. The summed E-state index contributed by atoms with van der Waals surface area (Å²) in [5.74, 6) is 0.980. The normalized spacial score (nSPS) is 14.9. The summed E-state index contributed by atoms with van der Waals surface area (Å²) in [5, 5.41) is 3.38. The van der Waals surface area contributed by atoms with E-state index in [9.17, 15) is 0 Å². The van der Waals surface area contributed by atoms with Crippen LogP contribution in [0.1, 0.15) is 30.1 Å². The monoisotopic (exact) mass is 228 g/mol. The predicted octanol–water partition coefficient (Wildman–Crippen LogP) is 2.53. The number of aromatic nitrogens is 3. The van der Waals surface area contributed by atoms with Crippen molar-refractivity contribution in [3.05, 3.63) is 42.0 Å². The molecular weight excluding hydrogens is 212 g/mol. The van der Waals surface area contributed by atoms with Crippen molar-refractivity contribution in [3.63, 3.8) is 0 Å². The van der Waals surface area contributed by atoms with Crippen LogP contribution in [0.2, 0.25) is 0 Å². The summed E-state index contributed by atoms with van der Waals surface area (Å²) in [5.41, 5.74) is 2.25. The van der Waals surface area contributed by atoms with Crippen molar-refractivity contribution < 1.29 is 0 Å². The topological polar surface area (TPSA) is 42.7 Å². The first-order chi connectivity index (χ1) is 8.33. The molecule has 0 spiro atoms. The van der Waals surface area contributed by atoms with Gasteiger partial charge < -0.3 is 9.88 Å². The number of rotatable bonds is 4. The number of hydrogen-bond acceptors (Lipinski definition) is 3. The van der Waals surface area contributed by atoms with Gasteiger partial charge in [-0.3, -0.25) is 4.98 Å². The fourth-order valence-electron chi connectivity index (χ4n) is 1.96. The zero-order valence-corrected chi connectivity index (χ0v) is 9.93. The SMILES string of the molecule is Cc1cn(C2CC2)c(NCc2cccnc2)n1. The number of aryl methyl sites for hydroxylation is 1. The van der Waals surface area contributed by atoms with E-state index in [2.05, 4.69) is 32.1 Å². The van der Waals surface area contributed by atoms with Crippen LogP contribution in [0.25, 0.3) is 0 Å². The molecule has 2 aromatic rings. The summed E-state index contributed by atoms with van der Waals surface area (Å²) in [6.45, 7) is 2.81. The highest BCUT2D eigenvalue weighted by Crippen LogP contribution is 2.37. The maximum absolute atomic E-state index is 4.52. The Morgan fingerprint density at radius 2 is 2.35 bits per heavy atom. The Bertz CT molecular complexity index is 499. The zero-order chi connectivity index (χ0) is 11.7. The first-order valence-corrected chi connectivity index (χ1v) is 6.01. The third-order valence-electron chi connectivity index (χ3n) is 2.97. The molecule has 1 N–H and O–H groups in total. The molecule has 4 heteroatoms. The van der Waals surface area contributed by atoms with Gasteiger partial charge in [-0.05, 0) is 31.4 Å². The third-order valence-corrected chi connectivity index (χ3v) is 2.97. The second-order valence-corrected chi connectivity index (χ2v) is 4.56. The average molecular weight is 228 g/mol. The lowest BCUT2D eigenvalue weighted by Gasteiger charge is -2.08. The minimum Gasteiger partial charge on any atom is -0.352 e. The molecule has 4 nitrogen and oxygen atoms in total. The number of anilines is 1. The molecule has 2 heterocycles.